The van der Waals surface area contributed by atoms with Gasteiger partial charge in [0.2, 0.25) is 0 Å². The number of aromatic hydroxyl groups is 1. The number of hydrogen-bond donors (Lipinski definition) is 2. The van der Waals surface area contributed by atoms with Crippen LogP contribution >= 0.6 is 0 Å². The number of phenolic OH excluding ortho intramolecular Hbond substituents is 1. The summed E-state index contributed by atoms with van der Waals surface area (Å²) in [5.41, 5.74) is 6.31. The second-order valence-corrected chi connectivity index (χ2v) is 4.67. The predicted octanol–water partition coefficient (Wildman–Crippen LogP) is 0.990. The van der Waals surface area contributed by atoms with Crippen LogP contribution in [-0.2, 0) is 16.6 Å². The van der Waals surface area contributed by atoms with Crippen molar-refractivity contribution in [3.05, 3.63) is 29.8 Å². The zero-order valence-corrected chi connectivity index (χ0v) is 8.80. The highest BCUT2D eigenvalue weighted by Crippen LogP contribution is 2.11. The maximum absolute atomic E-state index is 11.4. The molecule has 0 radical (unpaired) electrons. The molecule has 0 amide bonds. The lowest BCUT2D eigenvalue weighted by atomic mass is 10.2. The Labute approximate surface area is 86.4 Å². The van der Waals surface area contributed by atoms with E-state index in [4.69, 9.17) is 10.8 Å². The maximum atomic E-state index is 11.4. The van der Waals surface area contributed by atoms with Gasteiger partial charge in [-0.3, -0.25) is 4.21 Å². The van der Waals surface area contributed by atoms with Crippen molar-refractivity contribution in [1.82, 2.24) is 0 Å². The fraction of sp³-hybridized carbons (Fsp3) is 0.400. The molecule has 0 aliphatic carbocycles. The molecule has 0 heterocycles. The Morgan fingerprint density at radius 3 is 2.50 bits per heavy atom. The van der Waals surface area contributed by atoms with Gasteiger partial charge in [0.1, 0.15) is 5.75 Å². The Kier molecular flexibility index (Phi) is 4.62. The van der Waals surface area contributed by atoms with Crippen LogP contribution in [0.2, 0.25) is 0 Å². The normalized spacial score (nSPS) is 12.6. The molecule has 78 valence electrons. The summed E-state index contributed by atoms with van der Waals surface area (Å²) in [6, 6.07) is 6.79. The van der Waals surface area contributed by atoms with E-state index in [1.807, 2.05) is 0 Å². The maximum Gasteiger partial charge on any atom is 0.115 e. The van der Waals surface area contributed by atoms with Crippen molar-refractivity contribution >= 4 is 10.8 Å². The van der Waals surface area contributed by atoms with Crippen LogP contribution in [0, 0.1) is 0 Å². The number of nitrogens with two attached hydrogens (primary N) is 1. The molecule has 0 aliphatic heterocycles. The highest BCUT2D eigenvalue weighted by molar-refractivity contribution is 7.84. The van der Waals surface area contributed by atoms with Crippen LogP contribution in [-0.4, -0.2) is 21.6 Å². The van der Waals surface area contributed by atoms with Crippen molar-refractivity contribution in [1.29, 1.82) is 0 Å². The first-order valence-corrected chi connectivity index (χ1v) is 6.04. The fourth-order valence-electron chi connectivity index (χ4n) is 1.09. The van der Waals surface area contributed by atoms with Crippen LogP contribution in [0.1, 0.15) is 12.0 Å². The van der Waals surface area contributed by atoms with E-state index in [9.17, 15) is 4.21 Å². The average molecular weight is 213 g/mol. The second-order valence-electron chi connectivity index (χ2n) is 3.10. The van der Waals surface area contributed by atoms with Gasteiger partial charge in [-0.2, -0.15) is 0 Å². The molecule has 0 aliphatic rings. The highest BCUT2D eigenvalue weighted by Gasteiger charge is 2.00. The third-order valence-electron chi connectivity index (χ3n) is 1.84. The van der Waals surface area contributed by atoms with E-state index in [1.165, 1.54) is 0 Å². The lowest BCUT2D eigenvalue weighted by Crippen LogP contribution is -2.07. The average Bonchev–Trinajstić information content (AvgIpc) is 2.18. The van der Waals surface area contributed by atoms with Crippen molar-refractivity contribution in [3.8, 4) is 5.75 Å². The molecule has 0 aromatic heterocycles. The third kappa shape index (κ3) is 3.89. The van der Waals surface area contributed by atoms with Gasteiger partial charge in [-0.15, -0.1) is 0 Å². The smallest absolute Gasteiger partial charge is 0.115 e. The van der Waals surface area contributed by atoms with Gasteiger partial charge in [0.15, 0.2) is 0 Å². The van der Waals surface area contributed by atoms with Gasteiger partial charge in [0.05, 0.1) is 0 Å². The summed E-state index contributed by atoms with van der Waals surface area (Å²) in [6.45, 7) is 0.585. The third-order valence-corrected chi connectivity index (χ3v) is 3.24. The zero-order chi connectivity index (χ0) is 10.4. The highest BCUT2D eigenvalue weighted by atomic mass is 32.2. The largest absolute Gasteiger partial charge is 0.508 e. The molecule has 1 rings (SSSR count). The van der Waals surface area contributed by atoms with Gasteiger partial charge in [-0.25, -0.2) is 0 Å². The molecular weight excluding hydrogens is 198 g/mol. The molecule has 3 nitrogen and oxygen atoms in total. The van der Waals surface area contributed by atoms with Crippen LogP contribution in [0.4, 0.5) is 0 Å². The predicted molar refractivity (Wildman–Crippen MR) is 58.5 cm³/mol. The van der Waals surface area contributed by atoms with E-state index in [0.717, 1.165) is 12.0 Å². The summed E-state index contributed by atoms with van der Waals surface area (Å²) in [5, 5.41) is 9.04. The fourth-order valence-corrected chi connectivity index (χ4v) is 2.29. The van der Waals surface area contributed by atoms with Crippen LogP contribution < -0.4 is 5.73 Å². The number of hydrogen-bond acceptors (Lipinski definition) is 3. The molecule has 3 N–H and O–H groups in total. The van der Waals surface area contributed by atoms with Gasteiger partial charge in [-0.05, 0) is 30.7 Å². The van der Waals surface area contributed by atoms with E-state index in [2.05, 4.69) is 0 Å². The summed E-state index contributed by atoms with van der Waals surface area (Å²) in [6.07, 6.45) is 0.796. The second kappa shape index (κ2) is 5.78. The quantitative estimate of drug-likeness (QED) is 0.766. The molecular formula is C10H15NO2S. The first kappa shape index (κ1) is 11.2. The molecule has 1 unspecified atom stereocenters. The Balaban J connectivity index is 2.44. The van der Waals surface area contributed by atoms with Crippen molar-refractivity contribution < 1.29 is 9.32 Å². The summed E-state index contributed by atoms with van der Waals surface area (Å²) in [7, 11) is -0.839. The molecule has 14 heavy (non-hydrogen) atoms. The van der Waals surface area contributed by atoms with Crippen LogP contribution in [0.5, 0.6) is 5.75 Å². The van der Waals surface area contributed by atoms with Crippen molar-refractivity contribution in [2.75, 3.05) is 12.3 Å². The zero-order valence-electron chi connectivity index (χ0n) is 7.98. The molecule has 0 fully saturated rings. The van der Waals surface area contributed by atoms with E-state index in [0.29, 0.717) is 18.1 Å². The van der Waals surface area contributed by atoms with Gasteiger partial charge >= 0.3 is 0 Å². The first-order chi connectivity index (χ1) is 6.72. The summed E-state index contributed by atoms with van der Waals surface area (Å²) in [5.74, 6) is 1.43. The molecule has 1 aromatic rings. The van der Waals surface area contributed by atoms with Gasteiger partial charge in [0, 0.05) is 22.3 Å². The topological polar surface area (TPSA) is 63.3 Å². The van der Waals surface area contributed by atoms with Crippen LogP contribution in [0.25, 0.3) is 0 Å². The standard InChI is InChI=1S/C10H15NO2S/c11-6-1-7-14(13)8-9-2-4-10(12)5-3-9/h2-5,12H,1,6-8,11H2. The lowest BCUT2D eigenvalue weighted by molar-refractivity contribution is 0.475. The van der Waals surface area contributed by atoms with Crippen molar-refractivity contribution in [3.63, 3.8) is 0 Å². The van der Waals surface area contributed by atoms with Crippen molar-refractivity contribution in [2.45, 2.75) is 12.2 Å². The Morgan fingerprint density at radius 2 is 1.93 bits per heavy atom. The van der Waals surface area contributed by atoms with Gasteiger partial charge in [-0.1, -0.05) is 12.1 Å². The Morgan fingerprint density at radius 1 is 1.29 bits per heavy atom. The van der Waals surface area contributed by atoms with Crippen LogP contribution in [0.15, 0.2) is 24.3 Å². The number of phenols is 1. The van der Waals surface area contributed by atoms with Crippen LogP contribution in [0.3, 0.4) is 0 Å². The lowest BCUT2D eigenvalue weighted by Gasteiger charge is -2.01. The van der Waals surface area contributed by atoms with Gasteiger partial charge < -0.3 is 10.8 Å². The Hall–Kier alpha value is -0.870. The summed E-state index contributed by atoms with van der Waals surface area (Å²) < 4.78 is 11.4. The molecule has 1 aromatic carbocycles. The minimum absolute atomic E-state index is 0.237. The van der Waals surface area contributed by atoms with E-state index < -0.39 is 10.8 Å². The Bertz CT molecular complexity index is 297. The van der Waals surface area contributed by atoms with E-state index in [-0.39, 0.29) is 5.75 Å². The van der Waals surface area contributed by atoms with E-state index in [1.54, 1.807) is 24.3 Å². The summed E-state index contributed by atoms with van der Waals surface area (Å²) >= 11 is 0. The van der Waals surface area contributed by atoms with Crippen molar-refractivity contribution in [2.24, 2.45) is 5.73 Å². The first-order valence-electron chi connectivity index (χ1n) is 4.55. The molecule has 0 spiro atoms. The number of benzene rings is 1. The van der Waals surface area contributed by atoms with E-state index >= 15 is 0 Å². The minimum atomic E-state index is -0.839. The molecule has 1 atom stereocenters. The molecule has 0 bridgehead atoms. The SMILES string of the molecule is NCCCS(=O)Cc1ccc(O)cc1. The number of rotatable bonds is 5. The molecule has 0 saturated carbocycles. The monoisotopic (exact) mass is 213 g/mol. The molecule has 4 heteroatoms. The minimum Gasteiger partial charge on any atom is -0.508 e. The summed E-state index contributed by atoms with van der Waals surface area (Å²) in [4.78, 5) is 0. The molecule has 0 saturated heterocycles. The van der Waals surface area contributed by atoms with Gasteiger partial charge in [0.25, 0.3) is 0 Å².